The summed E-state index contributed by atoms with van der Waals surface area (Å²) in [6, 6.07) is 8.04. The Morgan fingerprint density at radius 1 is 1.23 bits per heavy atom. The first kappa shape index (κ1) is 20.3. The van der Waals surface area contributed by atoms with Crippen molar-refractivity contribution in [2.75, 3.05) is 30.3 Å². The number of hydrogen-bond donors (Lipinski definition) is 2. The predicted molar refractivity (Wildman–Crippen MR) is 110 cm³/mol. The molecule has 1 aromatic carbocycles. The summed E-state index contributed by atoms with van der Waals surface area (Å²) >= 11 is 0. The topological polar surface area (TPSA) is 118 Å². The van der Waals surface area contributed by atoms with E-state index in [0.717, 1.165) is 5.56 Å². The van der Waals surface area contributed by atoms with Gasteiger partial charge in [-0.15, -0.1) is 0 Å². The van der Waals surface area contributed by atoms with E-state index in [1.807, 2.05) is 13.0 Å². The zero-order valence-corrected chi connectivity index (χ0v) is 17.2. The largest absolute Gasteiger partial charge is 0.482 e. The fourth-order valence-electron chi connectivity index (χ4n) is 3.56. The van der Waals surface area contributed by atoms with Crippen molar-refractivity contribution in [2.45, 2.75) is 24.7 Å². The van der Waals surface area contributed by atoms with Crippen LogP contribution in [0.2, 0.25) is 0 Å². The summed E-state index contributed by atoms with van der Waals surface area (Å²) in [6.45, 7) is 2.30. The zero-order valence-electron chi connectivity index (χ0n) is 16.4. The van der Waals surface area contributed by atoms with Crippen LogP contribution in [0, 0.1) is 12.8 Å². The Morgan fingerprint density at radius 2 is 2.00 bits per heavy atom. The first-order chi connectivity index (χ1) is 14.3. The molecule has 0 spiro atoms. The maximum absolute atomic E-state index is 13.0. The van der Waals surface area contributed by atoms with Crippen molar-refractivity contribution in [1.29, 1.82) is 0 Å². The molecule has 0 bridgehead atoms. The Kier molecular flexibility index (Phi) is 5.44. The number of benzene rings is 1. The predicted octanol–water partition coefficient (Wildman–Crippen LogP) is 1.76. The molecule has 2 amide bonds. The van der Waals surface area contributed by atoms with Gasteiger partial charge in [-0.25, -0.2) is 13.4 Å². The van der Waals surface area contributed by atoms with Gasteiger partial charge >= 0.3 is 0 Å². The van der Waals surface area contributed by atoms with Crippen molar-refractivity contribution in [1.82, 2.24) is 9.29 Å². The van der Waals surface area contributed by atoms with Crippen LogP contribution in [0.5, 0.6) is 5.75 Å². The van der Waals surface area contributed by atoms with E-state index < -0.39 is 10.0 Å². The summed E-state index contributed by atoms with van der Waals surface area (Å²) < 4.78 is 32.7. The number of carbonyl (C=O) groups is 2. The molecule has 9 nitrogen and oxygen atoms in total. The van der Waals surface area contributed by atoms with Crippen molar-refractivity contribution in [3.8, 4) is 5.75 Å². The minimum absolute atomic E-state index is 0.0823. The van der Waals surface area contributed by atoms with Gasteiger partial charge in [-0.2, -0.15) is 4.31 Å². The zero-order chi connectivity index (χ0) is 21.3. The number of carbonyl (C=O) groups excluding carboxylic acids is 2. The monoisotopic (exact) mass is 430 g/mol. The Labute approximate surface area is 174 Å². The lowest BCUT2D eigenvalue weighted by molar-refractivity contribution is -0.121. The number of aryl methyl sites for hydroxylation is 1. The lowest BCUT2D eigenvalue weighted by Crippen LogP contribution is -2.41. The number of nitrogens with zero attached hydrogens (tertiary/aromatic N) is 2. The highest BCUT2D eigenvalue weighted by Crippen LogP contribution is 2.32. The molecular formula is C20H22N4O5S. The second-order valence-corrected chi connectivity index (χ2v) is 9.32. The molecule has 30 heavy (non-hydrogen) atoms. The summed E-state index contributed by atoms with van der Waals surface area (Å²) in [7, 11) is -3.74. The van der Waals surface area contributed by atoms with Gasteiger partial charge in [0.1, 0.15) is 11.6 Å². The van der Waals surface area contributed by atoms with Crippen LogP contribution in [0.25, 0.3) is 0 Å². The quantitative estimate of drug-likeness (QED) is 0.763. The Hall–Kier alpha value is -2.98. The number of amides is 2. The molecule has 158 valence electrons. The van der Waals surface area contributed by atoms with Crippen molar-refractivity contribution in [3.05, 3.63) is 42.1 Å². The molecule has 0 radical (unpaired) electrons. The molecule has 0 unspecified atom stereocenters. The molecule has 4 rings (SSSR count). The van der Waals surface area contributed by atoms with E-state index >= 15 is 0 Å². The van der Waals surface area contributed by atoms with Gasteiger partial charge in [0.2, 0.25) is 15.9 Å². The molecule has 1 fully saturated rings. The summed E-state index contributed by atoms with van der Waals surface area (Å²) in [6.07, 6.45) is 2.47. The number of aromatic nitrogens is 1. The van der Waals surface area contributed by atoms with Crippen molar-refractivity contribution in [3.63, 3.8) is 0 Å². The number of hydrogen-bond acceptors (Lipinski definition) is 6. The van der Waals surface area contributed by atoms with Gasteiger partial charge in [0, 0.05) is 25.2 Å². The van der Waals surface area contributed by atoms with Crippen LogP contribution < -0.4 is 15.4 Å². The van der Waals surface area contributed by atoms with E-state index in [9.17, 15) is 18.0 Å². The molecule has 2 aliphatic heterocycles. The second-order valence-electron chi connectivity index (χ2n) is 7.38. The van der Waals surface area contributed by atoms with Crippen LogP contribution in [0.4, 0.5) is 11.5 Å². The molecule has 0 saturated carbocycles. The van der Waals surface area contributed by atoms with Crippen LogP contribution in [0.15, 0.2) is 41.4 Å². The van der Waals surface area contributed by atoms with Crippen molar-refractivity contribution < 1.29 is 22.7 Å². The number of fused-ring (bicyclic) bond motifs is 1. The van der Waals surface area contributed by atoms with Crippen LogP contribution in [-0.4, -0.2) is 49.2 Å². The van der Waals surface area contributed by atoms with Gasteiger partial charge < -0.3 is 15.4 Å². The maximum atomic E-state index is 13.0. The molecular weight excluding hydrogens is 408 g/mol. The first-order valence-electron chi connectivity index (χ1n) is 9.63. The number of sulfonamides is 1. The normalized spacial score (nSPS) is 17.6. The maximum Gasteiger partial charge on any atom is 0.262 e. The lowest BCUT2D eigenvalue weighted by Gasteiger charge is -2.30. The smallest absolute Gasteiger partial charge is 0.262 e. The van der Waals surface area contributed by atoms with E-state index in [2.05, 4.69) is 15.6 Å². The molecule has 0 aliphatic carbocycles. The summed E-state index contributed by atoms with van der Waals surface area (Å²) in [5.74, 6) is 0.169. The highest BCUT2D eigenvalue weighted by molar-refractivity contribution is 7.89. The minimum Gasteiger partial charge on any atom is -0.482 e. The van der Waals surface area contributed by atoms with Gasteiger partial charge in [0.05, 0.1) is 10.6 Å². The number of ether oxygens (including phenoxy) is 1. The molecule has 2 N–H and O–H groups in total. The summed E-state index contributed by atoms with van der Waals surface area (Å²) in [5, 5.41) is 5.42. The molecule has 0 atom stereocenters. The molecule has 2 aliphatic rings. The molecule has 10 heteroatoms. The number of pyridine rings is 1. The third-order valence-corrected chi connectivity index (χ3v) is 7.11. The summed E-state index contributed by atoms with van der Waals surface area (Å²) in [5.41, 5.74) is 1.33. The van der Waals surface area contributed by atoms with Gasteiger partial charge in [-0.05, 0) is 55.7 Å². The standard InChI is InChI=1S/C20H22N4O5S/c1-13-4-7-21-18(10-13)23-20(26)14-5-8-24(9-6-14)30(27,28)15-2-3-17-16(11-15)22-19(25)12-29-17/h2-4,7,10-11,14H,5-6,8-9,12H2,1H3,(H,22,25)(H,21,23,26). The van der Waals surface area contributed by atoms with Crippen molar-refractivity contribution in [2.24, 2.45) is 5.92 Å². The van der Waals surface area contributed by atoms with Crippen LogP contribution in [0.1, 0.15) is 18.4 Å². The lowest BCUT2D eigenvalue weighted by atomic mass is 9.97. The van der Waals surface area contributed by atoms with Gasteiger partial charge in [0.25, 0.3) is 5.91 Å². The molecule has 1 aromatic heterocycles. The SMILES string of the molecule is Cc1ccnc(NC(=O)C2CCN(S(=O)(=O)c3ccc4c(c3)NC(=O)CO4)CC2)c1. The molecule has 1 saturated heterocycles. The Bertz CT molecular complexity index is 1090. The highest BCUT2D eigenvalue weighted by Gasteiger charge is 2.33. The third kappa shape index (κ3) is 4.14. The first-order valence-corrected chi connectivity index (χ1v) is 11.1. The van der Waals surface area contributed by atoms with E-state index in [4.69, 9.17) is 4.74 Å². The minimum atomic E-state index is -3.74. The molecule has 3 heterocycles. The Morgan fingerprint density at radius 3 is 2.73 bits per heavy atom. The number of piperidine rings is 1. The summed E-state index contributed by atoms with van der Waals surface area (Å²) in [4.78, 5) is 28.2. The molecule has 2 aromatic rings. The number of anilines is 2. The van der Waals surface area contributed by atoms with Crippen molar-refractivity contribution >= 4 is 33.3 Å². The van der Waals surface area contributed by atoms with E-state index in [1.165, 1.54) is 22.5 Å². The van der Waals surface area contributed by atoms with Crippen LogP contribution in [-0.2, 0) is 19.6 Å². The van der Waals surface area contributed by atoms with E-state index in [-0.39, 0.29) is 42.3 Å². The third-order valence-electron chi connectivity index (χ3n) is 5.21. The van der Waals surface area contributed by atoms with Crippen LogP contribution in [0.3, 0.4) is 0 Å². The van der Waals surface area contributed by atoms with E-state index in [0.29, 0.717) is 30.1 Å². The van der Waals surface area contributed by atoms with Crippen LogP contribution >= 0.6 is 0 Å². The van der Waals surface area contributed by atoms with Gasteiger partial charge in [-0.3, -0.25) is 9.59 Å². The second kappa shape index (κ2) is 8.04. The van der Waals surface area contributed by atoms with E-state index in [1.54, 1.807) is 12.3 Å². The number of nitrogens with one attached hydrogen (secondary N) is 2. The fourth-order valence-corrected chi connectivity index (χ4v) is 5.06. The average molecular weight is 430 g/mol. The highest BCUT2D eigenvalue weighted by atomic mass is 32.2. The van der Waals surface area contributed by atoms with Gasteiger partial charge in [0.15, 0.2) is 6.61 Å². The van der Waals surface area contributed by atoms with Gasteiger partial charge in [-0.1, -0.05) is 0 Å². The number of rotatable bonds is 4. The Balaban J connectivity index is 1.41. The average Bonchev–Trinajstić information content (AvgIpc) is 2.73. The fraction of sp³-hybridized carbons (Fsp3) is 0.350.